The number of aryl methyl sites for hydroxylation is 1. The lowest BCUT2D eigenvalue weighted by molar-refractivity contribution is -0.147. The van der Waals surface area contributed by atoms with Crippen molar-refractivity contribution in [1.29, 1.82) is 0 Å². The first kappa shape index (κ1) is 19.6. The van der Waals surface area contributed by atoms with E-state index >= 15 is 0 Å². The van der Waals surface area contributed by atoms with E-state index in [9.17, 15) is 13.6 Å². The topological polar surface area (TPSA) is 29.5 Å². The molecular formula is C24H23F2NO2. The van der Waals surface area contributed by atoms with Crippen molar-refractivity contribution < 1.29 is 18.3 Å². The van der Waals surface area contributed by atoms with Crippen LogP contribution in [-0.2, 0) is 16.0 Å². The number of hydrogen-bond donors (Lipinski definition) is 0. The molecule has 0 N–H and O–H groups in total. The second-order valence-electron chi connectivity index (χ2n) is 7.65. The Kier molecular flexibility index (Phi) is 5.64. The number of ether oxygens (including phenoxy) is 1. The minimum Gasteiger partial charge on any atom is -0.469 e. The molecule has 1 heterocycles. The van der Waals surface area contributed by atoms with Crippen molar-refractivity contribution >= 4 is 5.97 Å². The standard InChI is InChI=1S/C24H23F2NO2/c1-29-24(28)17-11-13-27(14-12-17)23-10-7-18-15-16(5-8-19(18)23)6-9-20-21(25)3-2-4-22(20)26/h2-5,8,15,17,23H,7,10-14H2,1H3. The van der Waals surface area contributed by atoms with E-state index < -0.39 is 11.6 Å². The largest absolute Gasteiger partial charge is 0.469 e. The number of rotatable bonds is 2. The number of fused-ring (bicyclic) bond motifs is 1. The second-order valence-corrected chi connectivity index (χ2v) is 7.65. The average Bonchev–Trinajstić information content (AvgIpc) is 3.16. The molecule has 4 rings (SSSR count). The zero-order valence-corrected chi connectivity index (χ0v) is 16.4. The lowest BCUT2D eigenvalue weighted by Crippen LogP contribution is -2.38. The Balaban J connectivity index is 1.48. The Morgan fingerprint density at radius 3 is 2.48 bits per heavy atom. The minimum absolute atomic E-state index is 0.00792. The molecule has 1 unspecified atom stereocenters. The third-order valence-corrected chi connectivity index (χ3v) is 5.99. The van der Waals surface area contributed by atoms with Gasteiger partial charge in [-0.3, -0.25) is 9.69 Å². The van der Waals surface area contributed by atoms with Crippen LogP contribution < -0.4 is 0 Å². The highest BCUT2D eigenvalue weighted by Gasteiger charge is 2.33. The van der Waals surface area contributed by atoms with Gasteiger partial charge in [0.2, 0.25) is 0 Å². The number of halogens is 2. The number of hydrogen-bond acceptors (Lipinski definition) is 3. The average molecular weight is 395 g/mol. The fourth-order valence-corrected chi connectivity index (χ4v) is 4.42. The van der Waals surface area contributed by atoms with E-state index in [2.05, 4.69) is 22.8 Å². The van der Waals surface area contributed by atoms with Crippen LogP contribution in [0.4, 0.5) is 8.78 Å². The van der Waals surface area contributed by atoms with Crippen molar-refractivity contribution in [3.05, 3.63) is 70.3 Å². The van der Waals surface area contributed by atoms with Crippen molar-refractivity contribution in [2.24, 2.45) is 5.92 Å². The van der Waals surface area contributed by atoms with E-state index in [0.717, 1.165) is 44.3 Å². The monoisotopic (exact) mass is 395 g/mol. The van der Waals surface area contributed by atoms with E-state index in [1.807, 2.05) is 12.1 Å². The van der Waals surface area contributed by atoms with Gasteiger partial charge in [0.1, 0.15) is 11.6 Å². The van der Waals surface area contributed by atoms with Crippen LogP contribution in [0.1, 0.15) is 47.6 Å². The molecule has 1 fully saturated rings. The van der Waals surface area contributed by atoms with Crippen LogP contribution >= 0.6 is 0 Å². The van der Waals surface area contributed by atoms with Gasteiger partial charge in [-0.25, -0.2) is 8.78 Å². The predicted octanol–water partition coefficient (Wildman–Crippen LogP) is 4.24. The third-order valence-electron chi connectivity index (χ3n) is 5.99. The summed E-state index contributed by atoms with van der Waals surface area (Å²) in [5.74, 6) is 4.14. The van der Waals surface area contributed by atoms with Crippen LogP contribution in [0.25, 0.3) is 0 Å². The van der Waals surface area contributed by atoms with Crippen molar-refractivity contribution in [2.75, 3.05) is 20.2 Å². The molecule has 1 aliphatic heterocycles. The zero-order valence-electron chi connectivity index (χ0n) is 16.4. The lowest BCUT2D eigenvalue weighted by atomic mass is 9.94. The molecule has 0 radical (unpaired) electrons. The smallest absolute Gasteiger partial charge is 0.308 e. The van der Waals surface area contributed by atoms with Gasteiger partial charge in [0.05, 0.1) is 18.6 Å². The molecule has 2 aromatic rings. The molecule has 3 nitrogen and oxygen atoms in total. The van der Waals surface area contributed by atoms with E-state index in [1.165, 1.54) is 36.4 Å². The third kappa shape index (κ3) is 4.04. The lowest BCUT2D eigenvalue weighted by Gasteiger charge is -2.35. The highest BCUT2D eigenvalue weighted by Crippen LogP contribution is 2.38. The molecule has 5 heteroatoms. The number of benzene rings is 2. The Morgan fingerprint density at radius 1 is 1.07 bits per heavy atom. The first-order valence-electron chi connectivity index (χ1n) is 9.97. The summed E-state index contributed by atoms with van der Waals surface area (Å²) in [5, 5.41) is 0. The molecule has 0 bridgehead atoms. The van der Waals surface area contributed by atoms with Crippen LogP contribution in [0.2, 0.25) is 0 Å². The molecule has 150 valence electrons. The molecule has 0 amide bonds. The first-order chi connectivity index (χ1) is 14.1. The molecule has 0 aromatic heterocycles. The van der Waals surface area contributed by atoms with Gasteiger partial charge in [0, 0.05) is 11.6 Å². The Hall–Kier alpha value is -2.71. The fourth-order valence-electron chi connectivity index (χ4n) is 4.42. The quantitative estimate of drug-likeness (QED) is 0.563. The maximum atomic E-state index is 13.8. The predicted molar refractivity (Wildman–Crippen MR) is 106 cm³/mol. The molecule has 1 atom stereocenters. The number of esters is 1. The highest BCUT2D eigenvalue weighted by atomic mass is 19.1. The van der Waals surface area contributed by atoms with Gasteiger partial charge in [-0.1, -0.05) is 24.0 Å². The van der Waals surface area contributed by atoms with Crippen LogP contribution in [0, 0.1) is 29.4 Å². The number of likely N-dealkylation sites (tertiary alicyclic amines) is 1. The number of methoxy groups -OCH3 is 1. The van der Waals surface area contributed by atoms with Gasteiger partial charge in [-0.05, 0) is 74.2 Å². The van der Waals surface area contributed by atoms with Crippen molar-refractivity contribution in [1.82, 2.24) is 4.90 Å². The number of nitrogens with zero attached hydrogens (tertiary/aromatic N) is 1. The van der Waals surface area contributed by atoms with Crippen LogP contribution in [0.3, 0.4) is 0 Å². The number of carbonyl (C=O) groups excluding carboxylic acids is 1. The summed E-state index contributed by atoms with van der Waals surface area (Å²) in [6.07, 6.45) is 3.66. The number of carbonyl (C=O) groups is 1. The molecule has 2 aromatic carbocycles. The summed E-state index contributed by atoms with van der Waals surface area (Å²) in [6, 6.07) is 10.1. The molecule has 29 heavy (non-hydrogen) atoms. The van der Waals surface area contributed by atoms with Gasteiger partial charge >= 0.3 is 5.97 Å². The van der Waals surface area contributed by atoms with Crippen LogP contribution in [0.5, 0.6) is 0 Å². The molecule has 2 aliphatic rings. The van der Waals surface area contributed by atoms with E-state index in [-0.39, 0.29) is 17.5 Å². The maximum Gasteiger partial charge on any atom is 0.308 e. The summed E-state index contributed by atoms with van der Waals surface area (Å²) in [6.45, 7) is 1.77. The normalized spacial score (nSPS) is 19.3. The van der Waals surface area contributed by atoms with Gasteiger partial charge in [0.25, 0.3) is 0 Å². The van der Waals surface area contributed by atoms with Gasteiger partial charge in [0.15, 0.2) is 0 Å². The Labute approximate surface area is 169 Å². The van der Waals surface area contributed by atoms with E-state index in [1.54, 1.807) is 0 Å². The van der Waals surface area contributed by atoms with Crippen LogP contribution in [0.15, 0.2) is 36.4 Å². The van der Waals surface area contributed by atoms with Gasteiger partial charge in [-0.2, -0.15) is 0 Å². The summed E-state index contributed by atoms with van der Waals surface area (Å²) in [5.41, 5.74) is 3.10. The summed E-state index contributed by atoms with van der Waals surface area (Å²) in [4.78, 5) is 14.2. The Morgan fingerprint density at radius 2 is 1.79 bits per heavy atom. The van der Waals surface area contributed by atoms with E-state index in [0.29, 0.717) is 6.04 Å². The minimum atomic E-state index is -0.644. The first-order valence-corrected chi connectivity index (χ1v) is 9.97. The van der Waals surface area contributed by atoms with Gasteiger partial charge in [-0.15, -0.1) is 0 Å². The number of piperidine rings is 1. The molecule has 0 saturated carbocycles. The highest BCUT2D eigenvalue weighted by molar-refractivity contribution is 5.72. The Bertz CT molecular complexity index is 964. The summed E-state index contributed by atoms with van der Waals surface area (Å²) in [7, 11) is 1.45. The molecule has 1 saturated heterocycles. The second kappa shape index (κ2) is 8.34. The van der Waals surface area contributed by atoms with Crippen molar-refractivity contribution in [3.8, 4) is 11.8 Å². The van der Waals surface area contributed by atoms with Crippen LogP contribution in [-0.4, -0.2) is 31.1 Å². The molecular weight excluding hydrogens is 372 g/mol. The summed E-state index contributed by atoms with van der Waals surface area (Å²) < 4.78 is 32.4. The van der Waals surface area contributed by atoms with E-state index in [4.69, 9.17) is 4.74 Å². The SMILES string of the molecule is COC(=O)C1CCN(C2CCc3cc(C#Cc4c(F)cccc4F)ccc32)CC1. The summed E-state index contributed by atoms with van der Waals surface area (Å²) >= 11 is 0. The molecule has 1 aliphatic carbocycles. The molecule has 0 spiro atoms. The van der Waals surface area contributed by atoms with Crippen molar-refractivity contribution in [3.63, 3.8) is 0 Å². The fraction of sp³-hybridized carbons (Fsp3) is 0.375. The maximum absolute atomic E-state index is 13.8. The zero-order chi connectivity index (χ0) is 20.4. The van der Waals surface area contributed by atoms with Crippen molar-refractivity contribution in [2.45, 2.75) is 31.7 Å². The van der Waals surface area contributed by atoms with Gasteiger partial charge < -0.3 is 4.74 Å².